The maximum atomic E-state index is 9.18. The van der Waals surface area contributed by atoms with E-state index >= 15 is 0 Å². The zero-order valence-electron chi connectivity index (χ0n) is 12.8. The van der Waals surface area contributed by atoms with Crippen LogP contribution in [0.15, 0.2) is 0 Å². The number of aliphatic hydroxyl groups is 1. The number of nitrogens with one attached hydrogen (secondary N) is 1. The zero-order chi connectivity index (χ0) is 14.0. The summed E-state index contributed by atoms with van der Waals surface area (Å²) < 4.78 is 0. The van der Waals surface area contributed by atoms with Gasteiger partial charge in [-0.25, -0.2) is 0 Å². The molecule has 0 fully saturated rings. The molecule has 0 aliphatic rings. The molecule has 0 aliphatic heterocycles. The predicted molar refractivity (Wildman–Crippen MR) is 79.7 cm³/mol. The number of hydrogen-bond acceptors (Lipinski definition) is 3. The fourth-order valence-corrected chi connectivity index (χ4v) is 2.20. The van der Waals surface area contributed by atoms with E-state index in [2.05, 4.69) is 33.0 Å². The average Bonchev–Trinajstić information content (AvgIpc) is 2.37. The summed E-state index contributed by atoms with van der Waals surface area (Å²) in [5.41, 5.74) is 5.92. The number of aliphatic hydroxyl groups excluding tert-OH is 1. The fourth-order valence-electron chi connectivity index (χ4n) is 2.20. The van der Waals surface area contributed by atoms with Gasteiger partial charge in [0.2, 0.25) is 0 Å². The van der Waals surface area contributed by atoms with Gasteiger partial charge >= 0.3 is 0 Å². The van der Waals surface area contributed by atoms with Gasteiger partial charge < -0.3 is 16.2 Å². The van der Waals surface area contributed by atoms with Crippen LogP contribution in [0.4, 0.5) is 0 Å². The molecule has 3 nitrogen and oxygen atoms in total. The molecule has 4 N–H and O–H groups in total. The molecule has 0 spiro atoms. The maximum absolute atomic E-state index is 9.18. The summed E-state index contributed by atoms with van der Waals surface area (Å²) in [4.78, 5) is 0. The highest BCUT2D eigenvalue weighted by Crippen LogP contribution is 2.17. The standard InChI is InChI=1S/C15H34N2O/c1-5-6-7-8-9-10-15(4,12-16)17-14(3)13(2)11-18/h13-14,17-18H,5-12,16H2,1-4H3. The third kappa shape index (κ3) is 7.34. The molecule has 0 aromatic heterocycles. The molecule has 0 aromatic rings. The molecular formula is C15H34N2O. The summed E-state index contributed by atoms with van der Waals surface area (Å²) in [5, 5.41) is 12.8. The normalized spacial score (nSPS) is 18.3. The Bertz CT molecular complexity index is 199. The summed E-state index contributed by atoms with van der Waals surface area (Å²) in [7, 11) is 0. The van der Waals surface area contributed by atoms with E-state index in [9.17, 15) is 5.11 Å². The molecule has 0 radical (unpaired) electrons. The Labute approximate surface area is 114 Å². The van der Waals surface area contributed by atoms with E-state index in [-0.39, 0.29) is 18.1 Å². The van der Waals surface area contributed by atoms with Gasteiger partial charge in [-0.1, -0.05) is 46.0 Å². The van der Waals surface area contributed by atoms with Crippen LogP contribution in [-0.2, 0) is 0 Å². The van der Waals surface area contributed by atoms with E-state index in [1.807, 2.05) is 0 Å². The van der Waals surface area contributed by atoms with Crippen molar-refractivity contribution in [2.45, 2.75) is 77.8 Å². The SMILES string of the molecule is CCCCCCCC(C)(CN)NC(C)C(C)CO. The highest BCUT2D eigenvalue weighted by molar-refractivity contribution is 4.87. The summed E-state index contributed by atoms with van der Waals surface area (Å²) in [6.07, 6.45) is 7.62. The van der Waals surface area contributed by atoms with E-state index in [1.165, 1.54) is 32.1 Å². The largest absolute Gasteiger partial charge is 0.396 e. The van der Waals surface area contributed by atoms with E-state index in [1.54, 1.807) is 0 Å². The second kappa shape index (κ2) is 9.76. The van der Waals surface area contributed by atoms with Crippen molar-refractivity contribution in [1.82, 2.24) is 5.32 Å². The van der Waals surface area contributed by atoms with Crippen molar-refractivity contribution >= 4 is 0 Å². The number of unbranched alkanes of at least 4 members (excludes halogenated alkanes) is 4. The minimum absolute atomic E-state index is 0.00899. The summed E-state index contributed by atoms with van der Waals surface area (Å²) in [5.74, 6) is 0.274. The second-order valence-electron chi connectivity index (χ2n) is 6.02. The fraction of sp³-hybridized carbons (Fsp3) is 1.00. The Morgan fingerprint density at radius 2 is 1.78 bits per heavy atom. The number of hydrogen-bond donors (Lipinski definition) is 3. The van der Waals surface area contributed by atoms with Gasteiger partial charge in [0.15, 0.2) is 0 Å². The second-order valence-corrected chi connectivity index (χ2v) is 6.02. The Balaban J connectivity index is 4.01. The molecule has 0 aliphatic carbocycles. The first-order valence-electron chi connectivity index (χ1n) is 7.57. The lowest BCUT2D eigenvalue weighted by atomic mass is 9.91. The van der Waals surface area contributed by atoms with Gasteiger partial charge in [-0.15, -0.1) is 0 Å². The Hall–Kier alpha value is -0.120. The van der Waals surface area contributed by atoms with Gasteiger partial charge in [0.05, 0.1) is 0 Å². The lowest BCUT2D eigenvalue weighted by Crippen LogP contribution is -2.54. The van der Waals surface area contributed by atoms with Crippen molar-refractivity contribution in [2.75, 3.05) is 13.2 Å². The van der Waals surface area contributed by atoms with E-state index in [0.29, 0.717) is 12.6 Å². The molecule has 0 rings (SSSR count). The smallest absolute Gasteiger partial charge is 0.0471 e. The van der Waals surface area contributed by atoms with Crippen molar-refractivity contribution in [3.8, 4) is 0 Å². The zero-order valence-corrected chi connectivity index (χ0v) is 12.8. The first kappa shape index (κ1) is 17.9. The van der Waals surface area contributed by atoms with Gasteiger partial charge in [-0.3, -0.25) is 0 Å². The van der Waals surface area contributed by atoms with Crippen molar-refractivity contribution in [3.63, 3.8) is 0 Å². The van der Waals surface area contributed by atoms with Crippen molar-refractivity contribution in [3.05, 3.63) is 0 Å². The van der Waals surface area contributed by atoms with E-state index in [4.69, 9.17) is 5.73 Å². The first-order chi connectivity index (χ1) is 8.49. The highest BCUT2D eigenvalue weighted by Gasteiger charge is 2.25. The molecule has 110 valence electrons. The lowest BCUT2D eigenvalue weighted by molar-refractivity contribution is 0.180. The molecule has 3 unspecified atom stereocenters. The minimum atomic E-state index is 0.00899. The average molecular weight is 258 g/mol. The summed E-state index contributed by atoms with van der Waals surface area (Å²) in [6.45, 7) is 9.52. The van der Waals surface area contributed by atoms with Gasteiger partial charge in [-0.2, -0.15) is 0 Å². The highest BCUT2D eigenvalue weighted by atomic mass is 16.3. The Morgan fingerprint density at radius 3 is 2.28 bits per heavy atom. The molecule has 0 saturated carbocycles. The van der Waals surface area contributed by atoms with Gasteiger partial charge in [0.1, 0.15) is 0 Å². The van der Waals surface area contributed by atoms with Crippen LogP contribution in [0.2, 0.25) is 0 Å². The molecule has 0 saturated heterocycles. The van der Waals surface area contributed by atoms with Gasteiger partial charge in [0.25, 0.3) is 0 Å². The van der Waals surface area contributed by atoms with E-state index in [0.717, 1.165) is 6.42 Å². The molecule has 0 aromatic carbocycles. The van der Waals surface area contributed by atoms with Crippen LogP contribution >= 0.6 is 0 Å². The Morgan fingerprint density at radius 1 is 1.17 bits per heavy atom. The van der Waals surface area contributed by atoms with Gasteiger partial charge in [0, 0.05) is 24.7 Å². The number of rotatable bonds is 11. The van der Waals surface area contributed by atoms with Gasteiger partial charge in [-0.05, 0) is 26.2 Å². The molecule has 3 atom stereocenters. The summed E-state index contributed by atoms with van der Waals surface area (Å²) in [6, 6.07) is 0.305. The van der Waals surface area contributed by atoms with Crippen LogP contribution in [0.25, 0.3) is 0 Å². The third-order valence-electron chi connectivity index (χ3n) is 4.00. The van der Waals surface area contributed by atoms with Crippen LogP contribution in [0.1, 0.15) is 66.2 Å². The van der Waals surface area contributed by atoms with Crippen LogP contribution in [0.5, 0.6) is 0 Å². The van der Waals surface area contributed by atoms with Crippen molar-refractivity contribution < 1.29 is 5.11 Å². The van der Waals surface area contributed by atoms with Crippen molar-refractivity contribution in [2.24, 2.45) is 11.7 Å². The third-order valence-corrected chi connectivity index (χ3v) is 4.00. The molecule has 3 heteroatoms. The molecule has 0 heterocycles. The molecular weight excluding hydrogens is 224 g/mol. The minimum Gasteiger partial charge on any atom is -0.396 e. The van der Waals surface area contributed by atoms with Crippen LogP contribution in [0, 0.1) is 5.92 Å². The van der Waals surface area contributed by atoms with Crippen LogP contribution in [0.3, 0.4) is 0 Å². The predicted octanol–water partition coefficient (Wildman–Crippen LogP) is 2.67. The van der Waals surface area contributed by atoms with E-state index < -0.39 is 0 Å². The number of nitrogens with two attached hydrogens (primary N) is 1. The van der Waals surface area contributed by atoms with Crippen LogP contribution in [-0.4, -0.2) is 29.8 Å². The molecule has 0 bridgehead atoms. The molecule has 18 heavy (non-hydrogen) atoms. The first-order valence-corrected chi connectivity index (χ1v) is 7.57. The Kier molecular flexibility index (Phi) is 9.70. The van der Waals surface area contributed by atoms with Crippen LogP contribution < -0.4 is 11.1 Å². The maximum Gasteiger partial charge on any atom is 0.0471 e. The lowest BCUT2D eigenvalue weighted by Gasteiger charge is -2.35. The monoisotopic (exact) mass is 258 g/mol. The quantitative estimate of drug-likeness (QED) is 0.499. The summed E-state index contributed by atoms with van der Waals surface area (Å²) >= 11 is 0. The van der Waals surface area contributed by atoms with Crippen molar-refractivity contribution in [1.29, 1.82) is 0 Å². The molecule has 0 amide bonds. The topological polar surface area (TPSA) is 58.3 Å².